The van der Waals surface area contributed by atoms with Crippen molar-refractivity contribution in [2.45, 2.75) is 97.3 Å². The van der Waals surface area contributed by atoms with Crippen LogP contribution >= 0.6 is 0 Å². The van der Waals surface area contributed by atoms with Gasteiger partial charge in [0.15, 0.2) is 0 Å². The molecule has 0 bridgehead atoms. The predicted octanol–water partition coefficient (Wildman–Crippen LogP) is 9.54. The Balaban J connectivity index is 1.54. The minimum atomic E-state index is 0.297. The molecule has 0 heterocycles. The van der Waals surface area contributed by atoms with Crippen molar-refractivity contribution in [1.82, 2.24) is 0 Å². The van der Waals surface area contributed by atoms with Gasteiger partial charge in [0.2, 0.25) is 0 Å². The lowest BCUT2D eigenvalue weighted by molar-refractivity contribution is 0.161. The molecule has 0 nitrogen and oxygen atoms in total. The summed E-state index contributed by atoms with van der Waals surface area (Å²) in [4.78, 5) is 0. The van der Waals surface area contributed by atoms with Crippen LogP contribution in [0.4, 0.5) is 0 Å². The van der Waals surface area contributed by atoms with Gasteiger partial charge in [0.05, 0.1) is 0 Å². The minimum absolute atomic E-state index is 0.297. The molecule has 0 heteroatoms. The summed E-state index contributed by atoms with van der Waals surface area (Å²) in [6.07, 6.45) is 28.4. The highest BCUT2D eigenvalue weighted by Gasteiger charge is 2.42. The zero-order valence-electron chi connectivity index (χ0n) is 20.1. The number of rotatable bonds is 8. The molecule has 3 aliphatic carbocycles. The minimum Gasteiger partial charge on any atom is -0.0842 e. The number of hydrogen-bond acceptors (Lipinski definition) is 0. The first-order chi connectivity index (χ1) is 15.2. The monoisotopic (exact) mass is 416 g/mol. The van der Waals surface area contributed by atoms with Gasteiger partial charge < -0.3 is 0 Å². The Morgan fingerprint density at radius 1 is 0.839 bits per heavy atom. The Morgan fingerprint density at radius 3 is 2.26 bits per heavy atom. The molecule has 0 aromatic heterocycles. The molecule has 0 spiro atoms. The van der Waals surface area contributed by atoms with E-state index in [9.17, 15) is 0 Å². The lowest BCUT2D eigenvalue weighted by atomic mass is 9.58. The second-order valence-corrected chi connectivity index (χ2v) is 10.6. The number of hydrogen-bond donors (Lipinski definition) is 0. The van der Waals surface area contributed by atoms with Crippen molar-refractivity contribution in [1.29, 1.82) is 0 Å². The molecule has 0 radical (unpaired) electrons. The van der Waals surface area contributed by atoms with E-state index >= 15 is 0 Å². The topological polar surface area (TPSA) is 0 Å². The summed E-state index contributed by atoms with van der Waals surface area (Å²) in [5, 5.41) is 0. The molecule has 3 aliphatic rings. The van der Waals surface area contributed by atoms with Gasteiger partial charge in [-0.05, 0) is 67.4 Å². The number of allylic oxidation sites excluding steroid dienone is 6. The molecule has 168 valence electrons. The van der Waals surface area contributed by atoms with Crippen LogP contribution in [0, 0.1) is 23.2 Å². The third-order valence-corrected chi connectivity index (χ3v) is 8.68. The molecule has 0 saturated heterocycles. The van der Waals surface area contributed by atoms with Gasteiger partial charge in [0.1, 0.15) is 0 Å². The zero-order valence-corrected chi connectivity index (χ0v) is 20.1. The van der Waals surface area contributed by atoms with Crippen molar-refractivity contribution in [3.8, 4) is 0 Å². The maximum absolute atomic E-state index is 2.70. The quantitative estimate of drug-likeness (QED) is 0.370. The Labute approximate surface area is 191 Å². The van der Waals surface area contributed by atoms with Crippen molar-refractivity contribution < 1.29 is 0 Å². The van der Waals surface area contributed by atoms with Crippen LogP contribution < -0.4 is 0 Å². The number of unbranched alkanes of at least 4 members (excludes halogenated alkanes) is 1. The van der Waals surface area contributed by atoms with Gasteiger partial charge in [-0.2, -0.15) is 0 Å². The van der Waals surface area contributed by atoms with Crippen LogP contribution in [-0.2, 0) is 0 Å². The summed E-state index contributed by atoms with van der Waals surface area (Å²) in [5.41, 5.74) is 4.88. The third kappa shape index (κ3) is 5.27. The SMILES string of the molecule is CCCCC1CC=C(C2([C@H]3CC[C@H](CCC)CC3)C=CC(c3ccccc3)=CC2)CC1. The Kier molecular flexibility index (Phi) is 7.91. The van der Waals surface area contributed by atoms with E-state index in [1.807, 2.05) is 0 Å². The molecule has 31 heavy (non-hydrogen) atoms. The Morgan fingerprint density at radius 2 is 1.65 bits per heavy atom. The van der Waals surface area contributed by atoms with E-state index < -0.39 is 0 Å². The summed E-state index contributed by atoms with van der Waals surface area (Å²) in [7, 11) is 0. The van der Waals surface area contributed by atoms with E-state index in [-0.39, 0.29) is 0 Å². The van der Waals surface area contributed by atoms with Crippen molar-refractivity contribution in [3.63, 3.8) is 0 Å². The molecule has 1 aromatic carbocycles. The van der Waals surface area contributed by atoms with E-state index in [2.05, 4.69) is 68.5 Å². The van der Waals surface area contributed by atoms with E-state index in [1.165, 1.54) is 94.6 Å². The molecule has 1 fully saturated rings. The molecular weight excluding hydrogens is 372 g/mol. The molecule has 0 N–H and O–H groups in total. The van der Waals surface area contributed by atoms with E-state index in [0.29, 0.717) is 5.41 Å². The van der Waals surface area contributed by atoms with Gasteiger partial charge in [-0.15, -0.1) is 0 Å². The highest BCUT2D eigenvalue weighted by Crippen LogP contribution is 2.54. The maximum atomic E-state index is 2.70. The Bertz CT molecular complexity index is 772. The molecular formula is C31H44. The van der Waals surface area contributed by atoms with Crippen molar-refractivity contribution >= 4 is 5.57 Å². The predicted molar refractivity (Wildman–Crippen MR) is 136 cm³/mol. The summed E-state index contributed by atoms with van der Waals surface area (Å²) in [6, 6.07) is 11.0. The molecule has 2 unspecified atom stereocenters. The fourth-order valence-electron chi connectivity index (χ4n) is 6.74. The fourth-order valence-corrected chi connectivity index (χ4v) is 6.74. The molecule has 4 rings (SSSR count). The van der Waals surface area contributed by atoms with Crippen LogP contribution in [0.5, 0.6) is 0 Å². The first-order valence-corrected chi connectivity index (χ1v) is 13.4. The first-order valence-electron chi connectivity index (χ1n) is 13.4. The zero-order chi connectivity index (χ0) is 21.5. The average Bonchev–Trinajstić information content (AvgIpc) is 2.84. The van der Waals surface area contributed by atoms with Gasteiger partial charge in [-0.25, -0.2) is 0 Å². The van der Waals surface area contributed by atoms with Gasteiger partial charge >= 0.3 is 0 Å². The Hall–Kier alpha value is -1.56. The summed E-state index contributed by atoms with van der Waals surface area (Å²) in [6.45, 7) is 4.69. The second-order valence-electron chi connectivity index (χ2n) is 10.6. The maximum Gasteiger partial charge on any atom is 0.0157 e. The lowest BCUT2D eigenvalue weighted by Crippen LogP contribution is -2.35. The van der Waals surface area contributed by atoms with Crippen LogP contribution in [0.1, 0.15) is 103 Å². The lowest BCUT2D eigenvalue weighted by Gasteiger charge is -2.46. The van der Waals surface area contributed by atoms with Crippen molar-refractivity contribution in [2.75, 3.05) is 0 Å². The third-order valence-electron chi connectivity index (χ3n) is 8.68. The molecule has 0 aliphatic heterocycles. The standard InChI is InChI=1S/C31H44/c1-3-5-10-26-15-19-30(20-16-26)31(29-17-13-25(9-4-2)14-18-29)23-21-28(22-24-31)27-11-7-6-8-12-27/h6-8,11-12,19,21-23,25-26,29H,3-5,9-10,13-18,20,24H2,1-2H3/t25-,26?,29-,31?. The van der Waals surface area contributed by atoms with Crippen LogP contribution in [-0.4, -0.2) is 0 Å². The molecule has 1 aromatic rings. The second kappa shape index (κ2) is 10.8. The first kappa shape index (κ1) is 22.6. The van der Waals surface area contributed by atoms with Crippen LogP contribution in [0.3, 0.4) is 0 Å². The summed E-state index contributed by atoms with van der Waals surface area (Å²) in [5.74, 6) is 2.76. The normalized spacial score (nSPS) is 31.2. The van der Waals surface area contributed by atoms with Crippen LogP contribution in [0.25, 0.3) is 5.57 Å². The van der Waals surface area contributed by atoms with Gasteiger partial charge in [-0.3, -0.25) is 0 Å². The molecule has 0 amide bonds. The van der Waals surface area contributed by atoms with Gasteiger partial charge in [0.25, 0.3) is 0 Å². The van der Waals surface area contributed by atoms with Crippen LogP contribution in [0.2, 0.25) is 0 Å². The largest absolute Gasteiger partial charge is 0.0842 e. The van der Waals surface area contributed by atoms with Crippen LogP contribution in [0.15, 0.2) is 60.2 Å². The van der Waals surface area contributed by atoms with E-state index in [4.69, 9.17) is 0 Å². The number of benzene rings is 1. The highest BCUT2D eigenvalue weighted by molar-refractivity contribution is 5.75. The fraction of sp³-hybridized carbons (Fsp3) is 0.613. The van der Waals surface area contributed by atoms with Gasteiger partial charge in [-0.1, -0.05) is 119 Å². The highest BCUT2D eigenvalue weighted by atomic mass is 14.5. The van der Waals surface area contributed by atoms with Crippen molar-refractivity contribution in [2.24, 2.45) is 23.2 Å². The molecule has 2 atom stereocenters. The summed E-state index contributed by atoms with van der Waals surface area (Å²) >= 11 is 0. The van der Waals surface area contributed by atoms with Gasteiger partial charge in [0, 0.05) is 5.41 Å². The smallest absolute Gasteiger partial charge is 0.0157 e. The van der Waals surface area contributed by atoms with Crippen molar-refractivity contribution in [3.05, 3.63) is 65.8 Å². The molecule has 1 saturated carbocycles. The van der Waals surface area contributed by atoms with E-state index in [0.717, 1.165) is 17.8 Å². The average molecular weight is 417 g/mol. The van der Waals surface area contributed by atoms with E-state index in [1.54, 1.807) is 5.57 Å². The summed E-state index contributed by atoms with van der Waals surface area (Å²) < 4.78 is 0.